The number of ketones is 1. The molecule has 0 N–H and O–H groups in total. The molecule has 1 aromatic heterocycles. The van der Waals surface area contributed by atoms with Gasteiger partial charge in [0.1, 0.15) is 5.01 Å². The molecule has 0 amide bonds. The molecular formula is C15H25N3OS. The zero-order valence-corrected chi connectivity index (χ0v) is 14.0. The molecule has 1 saturated heterocycles. The molecule has 2 heterocycles. The van der Waals surface area contributed by atoms with Gasteiger partial charge in [-0.3, -0.25) is 9.69 Å². The topological polar surface area (TPSA) is 36.4 Å². The van der Waals surface area contributed by atoms with E-state index in [-0.39, 0.29) is 17.2 Å². The summed E-state index contributed by atoms with van der Waals surface area (Å²) >= 11 is 1.61. The lowest BCUT2D eigenvalue weighted by molar-refractivity contribution is -0.125. The van der Waals surface area contributed by atoms with E-state index in [1.165, 1.54) is 0 Å². The Hall–Kier alpha value is -0.780. The van der Waals surface area contributed by atoms with Crippen LogP contribution in [0.25, 0.3) is 0 Å². The summed E-state index contributed by atoms with van der Waals surface area (Å²) in [5.41, 5.74) is 1.14. The molecule has 4 nitrogen and oxygen atoms in total. The number of piperazine rings is 1. The van der Waals surface area contributed by atoms with Crippen molar-refractivity contribution in [3.63, 3.8) is 0 Å². The first-order valence-corrected chi connectivity index (χ1v) is 8.01. The summed E-state index contributed by atoms with van der Waals surface area (Å²) in [4.78, 5) is 21.5. The Morgan fingerprint density at radius 3 is 2.70 bits per heavy atom. The highest BCUT2D eigenvalue weighted by molar-refractivity contribution is 7.09. The van der Waals surface area contributed by atoms with Crippen molar-refractivity contribution in [1.82, 2.24) is 14.8 Å². The van der Waals surface area contributed by atoms with Gasteiger partial charge in [-0.05, 0) is 14.1 Å². The van der Waals surface area contributed by atoms with Gasteiger partial charge in [0.05, 0.1) is 18.2 Å². The van der Waals surface area contributed by atoms with Crippen molar-refractivity contribution < 1.29 is 4.79 Å². The van der Waals surface area contributed by atoms with E-state index in [1.807, 2.05) is 7.05 Å². The summed E-state index contributed by atoms with van der Waals surface area (Å²) in [6.07, 6.45) is 0.462. The highest BCUT2D eigenvalue weighted by atomic mass is 32.1. The number of Topliss-reactive ketones (excluding diaryl/α,β-unsaturated/α-hetero) is 1. The summed E-state index contributed by atoms with van der Waals surface area (Å²) < 4.78 is 0. The molecule has 1 fully saturated rings. The largest absolute Gasteiger partial charge is 0.303 e. The van der Waals surface area contributed by atoms with Crippen molar-refractivity contribution in [2.45, 2.75) is 38.6 Å². The molecule has 20 heavy (non-hydrogen) atoms. The molecular weight excluding hydrogens is 270 g/mol. The Morgan fingerprint density at radius 1 is 1.40 bits per heavy atom. The fourth-order valence-corrected chi connectivity index (χ4v) is 3.39. The molecule has 0 bridgehead atoms. The van der Waals surface area contributed by atoms with Crippen LogP contribution in [0.15, 0.2) is 5.38 Å². The second-order valence-corrected chi connectivity index (χ2v) is 7.72. The van der Waals surface area contributed by atoms with Crippen LogP contribution >= 0.6 is 11.3 Å². The Kier molecular flexibility index (Phi) is 4.62. The molecule has 2 rings (SSSR count). The number of carbonyl (C=O) groups is 1. The first kappa shape index (κ1) is 15.6. The summed E-state index contributed by atoms with van der Waals surface area (Å²) in [7, 11) is 4.12. The third-order valence-corrected chi connectivity index (χ3v) is 4.72. The number of likely N-dealkylation sites (N-methyl/N-ethyl adjacent to an activating group) is 2. The molecule has 0 radical (unpaired) electrons. The van der Waals surface area contributed by atoms with E-state index < -0.39 is 0 Å². The van der Waals surface area contributed by atoms with Gasteiger partial charge in [-0.15, -0.1) is 11.3 Å². The number of carbonyl (C=O) groups excluding carboxylic acids is 1. The molecule has 1 unspecified atom stereocenters. The highest BCUT2D eigenvalue weighted by Crippen LogP contribution is 2.24. The van der Waals surface area contributed by atoms with E-state index in [2.05, 4.69) is 48.0 Å². The molecule has 5 heteroatoms. The summed E-state index contributed by atoms with van der Waals surface area (Å²) in [6.45, 7) is 9.27. The maximum Gasteiger partial charge on any atom is 0.158 e. The number of nitrogens with zero attached hydrogens (tertiary/aromatic N) is 3. The highest BCUT2D eigenvalue weighted by Gasteiger charge is 2.29. The third-order valence-electron chi connectivity index (χ3n) is 3.87. The van der Waals surface area contributed by atoms with Crippen LogP contribution < -0.4 is 0 Å². The van der Waals surface area contributed by atoms with Crippen LogP contribution in [0, 0.1) is 0 Å². The van der Waals surface area contributed by atoms with Crippen LogP contribution in [-0.4, -0.2) is 60.3 Å². The van der Waals surface area contributed by atoms with Crippen LogP contribution in [0.2, 0.25) is 0 Å². The second kappa shape index (κ2) is 5.92. The van der Waals surface area contributed by atoms with Gasteiger partial charge in [-0.25, -0.2) is 4.98 Å². The van der Waals surface area contributed by atoms with Gasteiger partial charge >= 0.3 is 0 Å². The molecule has 1 aliphatic rings. The maximum atomic E-state index is 12.5. The average Bonchev–Trinajstić information content (AvgIpc) is 2.80. The zero-order valence-electron chi connectivity index (χ0n) is 13.1. The molecule has 0 aliphatic carbocycles. The summed E-state index contributed by atoms with van der Waals surface area (Å²) in [5.74, 6) is 0.286. The van der Waals surface area contributed by atoms with Crippen molar-refractivity contribution in [2.24, 2.45) is 0 Å². The van der Waals surface area contributed by atoms with Crippen LogP contribution in [0.4, 0.5) is 0 Å². The standard InChI is InChI=1S/C15H25N3OS/c1-15(2,3)13-10-20-14(16-13)8-12(19)11-9-17(4)6-7-18(11)5/h10-11H,6-9H2,1-5H3. The van der Waals surface area contributed by atoms with Gasteiger partial charge in [0, 0.05) is 30.4 Å². The Labute approximate surface area is 125 Å². The first-order valence-electron chi connectivity index (χ1n) is 7.14. The van der Waals surface area contributed by atoms with Gasteiger partial charge < -0.3 is 4.90 Å². The zero-order chi connectivity index (χ0) is 14.9. The third kappa shape index (κ3) is 3.65. The quantitative estimate of drug-likeness (QED) is 0.852. The van der Waals surface area contributed by atoms with E-state index in [4.69, 9.17) is 0 Å². The molecule has 112 valence electrons. The SMILES string of the molecule is CN1CCN(C)C(C(=O)Cc2nc(C(C)(C)C)cs2)C1. The smallest absolute Gasteiger partial charge is 0.158 e. The molecule has 1 aliphatic heterocycles. The van der Waals surface area contributed by atoms with E-state index in [0.29, 0.717) is 6.42 Å². The maximum absolute atomic E-state index is 12.5. The van der Waals surface area contributed by atoms with Crippen molar-refractivity contribution in [3.8, 4) is 0 Å². The van der Waals surface area contributed by atoms with Gasteiger partial charge in [-0.2, -0.15) is 0 Å². The van der Waals surface area contributed by atoms with Gasteiger partial charge in [0.25, 0.3) is 0 Å². The van der Waals surface area contributed by atoms with Crippen molar-refractivity contribution >= 4 is 17.1 Å². The van der Waals surface area contributed by atoms with Crippen molar-refractivity contribution in [3.05, 3.63) is 16.1 Å². The van der Waals surface area contributed by atoms with Gasteiger partial charge in [0.2, 0.25) is 0 Å². The second-order valence-electron chi connectivity index (χ2n) is 6.78. The fraction of sp³-hybridized carbons (Fsp3) is 0.733. The predicted octanol–water partition coefficient (Wildman–Crippen LogP) is 1.80. The Morgan fingerprint density at radius 2 is 2.10 bits per heavy atom. The predicted molar refractivity (Wildman–Crippen MR) is 83.4 cm³/mol. The average molecular weight is 295 g/mol. The minimum Gasteiger partial charge on any atom is -0.303 e. The minimum atomic E-state index is 0.00994. The van der Waals surface area contributed by atoms with Crippen LogP contribution in [0.3, 0.4) is 0 Å². The summed E-state index contributed by atoms with van der Waals surface area (Å²) in [5, 5.41) is 3.03. The van der Waals surface area contributed by atoms with E-state index in [1.54, 1.807) is 11.3 Å². The number of aromatic nitrogens is 1. The van der Waals surface area contributed by atoms with Crippen LogP contribution in [0.1, 0.15) is 31.5 Å². The molecule has 0 spiro atoms. The summed E-state index contributed by atoms with van der Waals surface area (Å²) in [6, 6.07) is 0.00994. The fourth-order valence-electron chi connectivity index (χ4n) is 2.36. The van der Waals surface area contributed by atoms with Crippen LogP contribution in [-0.2, 0) is 16.6 Å². The first-order chi connectivity index (χ1) is 9.27. The lowest BCUT2D eigenvalue weighted by atomic mass is 9.93. The molecule has 0 saturated carbocycles. The normalized spacial score (nSPS) is 22.1. The number of hydrogen-bond acceptors (Lipinski definition) is 5. The molecule has 0 aromatic carbocycles. The van der Waals surface area contributed by atoms with Crippen LogP contribution in [0.5, 0.6) is 0 Å². The monoisotopic (exact) mass is 295 g/mol. The lowest BCUT2D eigenvalue weighted by Crippen LogP contribution is -2.53. The van der Waals surface area contributed by atoms with Gasteiger partial charge in [0.15, 0.2) is 5.78 Å². The Bertz CT molecular complexity index is 478. The van der Waals surface area contributed by atoms with E-state index >= 15 is 0 Å². The van der Waals surface area contributed by atoms with Gasteiger partial charge in [-0.1, -0.05) is 20.8 Å². The minimum absolute atomic E-state index is 0.00994. The van der Waals surface area contributed by atoms with E-state index in [0.717, 1.165) is 30.3 Å². The number of rotatable bonds is 3. The van der Waals surface area contributed by atoms with Crippen molar-refractivity contribution in [1.29, 1.82) is 0 Å². The lowest BCUT2D eigenvalue weighted by Gasteiger charge is -2.36. The van der Waals surface area contributed by atoms with E-state index in [9.17, 15) is 4.79 Å². The number of hydrogen-bond donors (Lipinski definition) is 0. The van der Waals surface area contributed by atoms with Crippen molar-refractivity contribution in [2.75, 3.05) is 33.7 Å². The molecule has 1 aromatic rings. The molecule has 1 atom stereocenters. The Balaban J connectivity index is 2.02. The number of thiazole rings is 1.